The Balaban J connectivity index is 2.48. The molecule has 0 saturated heterocycles. The van der Waals surface area contributed by atoms with Crippen LogP contribution in [0.25, 0.3) is 0 Å². The van der Waals surface area contributed by atoms with E-state index in [1.807, 2.05) is 0 Å². The zero-order valence-electron chi connectivity index (χ0n) is 11.3. The van der Waals surface area contributed by atoms with Gasteiger partial charge in [-0.15, -0.1) is 0 Å². The summed E-state index contributed by atoms with van der Waals surface area (Å²) in [6, 6.07) is 8.68. The third-order valence-corrected chi connectivity index (χ3v) is 3.09. The maximum atomic E-state index is 12.8. The molecule has 21 heavy (non-hydrogen) atoms. The van der Waals surface area contributed by atoms with Crippen LogP contribution >= 0.6 is 11.6 Å². The predicted octanol–water partition coefficient (Wildman–Crippen LogP) is 4.53. The number of para-hydroxylation sites is 2. The van der Waals surface area contributed by atoms with Gasteiger partial charge in [-0.05, 0) is 24.3 Å². The molecule has 2 aromatic rings. The number of hydrogen-bond acceptors (Lipinski definition) is 3. The highest BCUT2D eigenvalue weighted by molar-refractivity contribution is 6.29. The Hall–Kier alpha value is -1.95. The average Bonchev–Trinajstić information content (AvgIpc) is 2.45. The topological polar surface area (TPSA) is 25.4 Å². The van der Waals surface area contributed by atoms with E-state index in [0.29, 0.717) is 11.4 Å². The molecule has 0 spiro atoms. The zero-order valence-corrected chi connectivity index (χ0v) is 12.0. The Morgan fingerprint density at radius 1 is 1.19 bits per heavy atom. The van der Waals surface area contributed by atoms with Crippen molar-refractivity contribution in [3.63, 3.8) is 0 Å². The third kappa shape index (κ3) is 3.39. The highest BCUT2D eigenvalue weighted by Crippen LogP contribution is 2.36. The van der Waals surface area contributed by atoms with Crippen LogP contribution in [-0.4, -0.2) is 19.1 Å². The molecule has 0 saturated carbocycles. The molecule has 7 heteroatoms. The summed E-state index contributed by atoms with van der Waals surface area (Å²) in [5, 5.41) is -0.221. The predicted molar refractivity (Wildman–Crippen MR) is 75.3 cm³/mol. The molecule has 3 nitrogen and oxygen atoms in total. The maximum absolute atomic E-state index is 12.8. The number of hydrogen-bond donors (Lipinski definition) is 0. The minimum Gasteiger partial charge on any atom is -0.495 e. The summed E-state index contributed by atoms with van der Waals surface area (Å²) in [5.41, 5.74) is -0.262. The molecule has 0 radical (unpaired) electrons. The first kappa shape index (κ1) is 15.4. The number of halogens is 4. The number of pyridine rings is 1. The van der Waals surface area contributed by atoms with Crippen molar-refractivity contribution in [1.29, 1.82) is 0 Å². The van der Waals surface area contributed by atoms with Crippen LogP contribution in [0.15, 0.2) is 36.4 Å². The van der Waals surface area contributed by atoms with E-state index in [1.54, 1.807) is 31.3 Å². The van der Waals surface area contributed by atoms with Gasteiger partial charge >= 0.3 is 6.18 Å². The number of alkyl halides is 3. The standard InChI is InChI=1S/C14H12ClF3N2O/c1-20(10-5-3-4-6-11(10)21-2)13-8-9(14(16,17)18)7-12(15)19-13/h3-8H,1-2H3. The van der Waals surface area contributed by atoms with Crippen LogP contribution in [0.5, 0.6) is 5.75 Å². The van der Waals surface area contributed by atoms with E-state index in [9.17, 15) is 13.2 Å². The van der Waals surface area contributed by atoms with E-state index in [1.165, 1.54) is 12.0 Å². The minimum absolute atomic E-state index is 0.0827. The van der Waals surface area contributed by atoms with Crippen molar-refractivity contribution in [1.82, 2.24) is 4.98 Å². The maximum Gasteiger partial charge on any atom is 0.416 e. The van der Waals surface area contributed by atoms with Crippen LogP contribution in [0.4, 0.5) is 24.7 Å². The van der Waals surface area contributed by atoms with Gasteiger partial charge in [0.05, 0.1) is 18.4 Å². The van der Waals surface area contributed by atoms with Crippen molar-refractivity contribution < 1.29 is 17.9 Å². The van der Waals surface area contributed by atoms with E-state index < -0.39 is 11.7 Å². The van der Waals surface area contributed by atoms with Crippen LogP contribution in [0.2, 0.25) is 5.15 Å². The van der Waals surface area contributed by atoms with Gasteiger partial charge in [0.15, 0.2) is 0 Å². The summed E-state index contributed by atoms with van der Waals surface area (Å²) < 4.78 is 43.7. The highest BCUT2D eigenvalue weighted by Gasteiger charge is 2.32. The second kappa shape index (κ2) is 5.81. The molecule has 112 valence electrons. The SMILES string of the molecule is COc1ccccc1N(C)c1cc(C(F)(F)F)cc(Cl)n1. The summed E-state index contributed by atoms with van der Waals surface area (Å²) in [5.74, 6) is 0.606. The summed E-state index contributed by atoms with van der Waals surface area (Å²) in [7, 11) is 3.08. The molecule has 0 fully saturated rings. The quantitative estimate of drug-likeness (QED) is 0.778. The summed E-state index contributed by atoms with van der Waals surface area (Å²) >= 11 is 5.69. The molecule has 0 aliphatic rings. The van der Waals surface area contributed by atoms with Crippen LogP contribution in [-0.2, 0) is 6.18 Å². The van der Waals surface area contributed by atoms with Crippen molar-refractivity contribution >= 4 is 23.1 Å². The lowest BCUT2D eigenvalue weighted by Gasteiger charge is -2.22. The highest BCUT2D eigenvalue weighted by atomic mass is 35.5. The zero-order chi connectivity index (χ0) is 15.6. The average molecular weight is 317 g/mol. The fourth-order valence-electron chi connectivity index (χ4n) is 1.85. The Kier molecular flexibility index (Phi) is 4.27. The van der Waals surface area contributed by atoms with Crippen molar-refractivity contribution in [2.24, 2.45) is 0 Å². The van der Waals surface area contributed by atoms with Crippen LogP contribution in [0.3, 0.4) is 0 Å². The summed E-state index contributed by atoms with van der Waals surface area (Å²) in [4.78, 5) is 5.42. The van der Waals surface area contributed by atoms with Gasteiger partial charge in [-0.25, -0.2) is 4.98 Å². The monoisotopic (exact) mass is 316 g/mol. The molecule has 0 bridgehead atoms. The van der Waals surface area contributed by atoms with E-state index in [-0.39, 0.29) is 11.0 Å². The van der Waals surface area contributed by atoms with E-state index in [0.717, 1.165) is 12.1 Å². The Bertz CT molecular complexity index is 646. The number of benzene rings is 1. The van der Waals surface area contributed by atoms with Gasteiger partial charge < -0.3 is 9.64 Å². The first-order chi connectivity index (χ1) is 9.82. The van der Waals surface area contributed by atoms with Crippen molar-refractivity contribution in [2.75, 3.05) is 19.1 Å². The number of nitrogens with zero attached hydrogens (tertiary/aromatic N) is 2. The molecule has 0 atom stereocenters. The number of aromatic nitrogens is 1. The van der Waals surface area contributed by atoms with E-state index in [4.69, 9.17) is 16.3 Å². The fourth-order valence-corrected chi connectivity index (χ4v) is 2.05. The van der Waals surface area contributed by atoms with E-state index in [2.05, 4.69) is 4.98 Å². The summed E-state index contributed by atoms with van der Waals surface area (Å²) in [6.45, 7) is 0. The molecule has 0 aliphatic carbocycles. The fraction of sp³-hybridized carbons (Fsp3) is 0.214. The first-order valence-corrected chi connectivity index (χ1v) is 6.32. The second-order valence-electron chi connectivity index (χ2n) is 4.27. The molecule has 0 unspecified atom stereocenters. The van der Waals surface area contributed by atoms with Crippen molar-refractivity contribution in [3.8, 4) is 5.75 Å². The van der Waals surface area contributed by atoms with Crippen LogP contribution < -0.4 is 9.64 Å². The van der Waals surface area contributed by atoms with Gasteiger partial charge in [0.1, 0.15) is 16.7 Å². The van der Waals surface area contributed by atoms with Gasteiger partial charge in [0, 0.05) is 7.05 Å². The Morgan fingerprint density at radius 2 is 1.86 bits per heavy atom. The number of ether oxygens (including phenoxy) is 1. The lowest BCUT2D eigenvalue weighted by molar-refractivity contribution is -0.137. The normalized spacial score (nSPS) is 11.3. The molecule has 1 aromatic heterocycles. The molecular formula is C14H12ClF3N2O. The molecule has 2 rings (SSSR count). The third-order valence-electron chi connectivity index (χ3n) is 2.90. The first-order valence-electron chi connectivity index (χ1n) is 5.94. The molecule has 0 aliphatic heterocycles. The molecule has 1 aromatic carbocycles. The molecule has 0 N–H and O–H groups in total. The second-order valence-corrected chi connectivity index (χ2v) is 4.65. The molecule has 0 amide bonds. The van der Waals surface area contributed by atoms with Crippen LogP contribution in [0.1, 0.15) is 5.56 Å². The lowest BCUT2D eigenvalue weighted by Crippen LogP contribution is -2.14. The van der Waals surface area contributed by atoms with Gasteiger partial charge in [-0.2, -0.15) is 13.2 Å². The van der Waals surface area contributed by atoms with E-state index >= 15 is 0 Å². The number of methoxy groups -OCH3 is 1. The van der Waals surface area contributed by atoms with Crippen molar-refractivity contribution in [2.45, 2.75) is 6.18 Å². The number of rotatable bonds is 3. The smallest absolute Gasteiger partial charge is 0.416 e. The van der Waals surface area contributed by atoms with Gasteiger partial charge in [0.2, 0.25) is 0 Å². The largest absolute Gasteiger partial charge is 0.495 e. The minimum atomic E-state index is -4.48. The van der Waals surface area contributed by atoms with Crippen molar-refractivity contribution in [3.05, 3.63) is 47.1 Å². The summed E-state index contributed by atoms with van der Waals surface area (Å²) in [6.07, 6.45) is -4.48. The molecular weight excluding hydrogens is 305 g/mol. The Morgan fingerprint density at radius 3 is 2.48 bits per heavy atom. The number of anilines is 2. The van der Waals surface area contributed by atoms with Crippen LogP contribution in [0, 0.1) is 0 Å². The van der Waals surface area contributed by atoms with Gasteiger partial charge in [0.25, 0.3) is 0 Å². The van der Waals surface area contributed by atoms with Gasteiger partial charge in [-0.3, -0.25) is 0 Å². The van der Waals surface area contributed by atoms with Gasteiger partial charge in [-0.1, -0.05) is 23.7 Å². The Labute approximate surface area is 124 Å². The molecule has 1 heterocycles. The lowest BCUT2D eigenvalue weighted by atomic mass is 10.2.